The van der Waals surface area contributed by atoms with Crippen molar-refractivity contribution in [2.24, 2.45) is 5.92 Å². The summed E-state index contributed by atoms with van der Waals surface area (Å²) in [4.78, 5) is 23.4. The fourth-order valence-electron chi connectivity index (χ4n) is 1.71. The number of carbonyl (C=O) groups excluding carboxylic acids is 1. The molecule has 1 amide bonds. The largest absolute Gasteiger partial charge is 0.481 e. The van der Waals surface area contributed by atoms with Crippen LogP contribution in [0.15, 0.2) is 0 Å². The van der Waals surface area contributed by atoms with Gasteiger partial charge in [0.2, 0.25) is 5.91 Å². The number of carboxylic acid groups (broad SMARTS) is 1. The summed E-state index contributed by atoms with van der Waals surface area (Å²) in [5.74, 6) is -0.808. The van der Waals surface area contributed by atoms with Crippen molar-refractivity contribution in [3.8, 4) is 0 Å². The molecule has 0 bridgehead atoms. The Bertz CT molecular complexity index is 282. The Kier molecular flexibility index (Phi) is 3.91. The second kappa shape index (κ2) is 4.82. The van der Waals surface area contributed by atoms with E-state index in [2.05, 4.69) is 0 Å². The summed E-state index contributed by atoms with van der Waals surface area (Å²) in [7, 11) is 0. The second-order valence-electron chi connectivity index (χ2n) is 4.76. The number of amides is 1. The molecule has 0 atom stereocenters. The molecule has 0 saturated carbocycles. The van der Waals surface area contributed by atoms with Crippen LogP contribution in [0.4, 0.5) is 0 Å². The highest BCUT2D eigenvalue weighted by Gasteiger charge is 2.45. The zero-order chi connectivity index (χ0) is 12.3. The lowest BCUT2D eigenvalue weighted by molar-refractivity contribution is -0.163. The molecular weight excluding hydrogens is 210 g/mol. The van der Waals surface area contributed by atoms with Gasteiger partial charge in [-0.25, -0.2) is 0 Å². The maximum atomic E-state index is 11.5. The number of aliphatic carboxylic acids is 1. The lowest BCUT2D eigenvalue weighted by atomic mass is 9.83. The third kappa shape index (κ3) is 2.95. The number of hydrogen-bond acceptors (Lipinski definition) is 3. The quantitative estimate of drug-likeness (QED) is 0.718. The van der Waals surface area contributed by atoms with E-state index in [9.17, 15) is 14.7 Å². The fraction of sp³-hybridized carbons (Fsp3) is 0.818. The third-order valence-electron chi connectivity index (χ3n) is 3.14. The topological polar surface area (TPSA) is 77.8 Å². The highest BCUT2D eigenvalue weighted by molar-refractivity contribution is 5.78. The number of nitrogens with zero attached hydrogens (tertiary/aromatic N) is 1. The lowest BCUT2D eigenvalue weighted by Crippen LogP contribution is -2.65. The van der Waals surface area contributed by atoms with Gasteiger partial charge in [-0.3, -0.25) is 9.59 Å². The molecule has 1 saturated heterocycles. The number of likely N-dealkylation sites (tertiary alicyclic amines) is 1. The molecule has 2 N–H and O–H groups in total. The molecule has 5 nitrogen and oxygen atoms in total. The summed E-state index contributed by atoms with van der Waals surface area (Å²) in [6, 6.07) is 0. The van der Waals surface area contributed by atoms with Crippen LogP contribution in [-0.4, -0.2) is 45.7 Å². The van der Waals surface area contributed by atoms with E-state index in [1.165, 1.54) is 0 Å². The first-order chi connectivity index (χ1) is 7.35. The number of carboxylic acids is 1. The van der Waals surface area contributed by atoms with Crippen molar-refractivity contribution in [3.63, 3.8) is 0 Å². The first-order valence-corrected chi connectivity index (χ1v) is 5.57. The van der Waals surface area contributed by atoms with Crippen molar-refractivity contribution in [3.05, 3.63) is 0 Å². The highest BCUT2D eigenvalue weighted by atomic mass is 16.4. The molecule has 5 heteroatoms. The van der Waals surface area contributed by atoms with E-state index in [1.807, 2.05) is 13.8 Å². The SMILES string of the molecule is CC(C)C1(O)CN(C(=O)CCCC(=O)O)C1. The summed E-state index contributed by atoms with van der Waals surface area (Å²) in [6.07, 6.45) is 0.638. The molecule has 1 aliphatic rings. The maximum absolute atomic E-state index is 11.5. The van der Waals surface area contributed by atoms with Crippen LogP contribution >= 0.6 is 0 Å². The molecule has 0 aromatic carbocycles. The van der Waals surface area contributed by atoms with Crippen LogP contribution in [0.5, 0.6) is 0 Å². The van der Waals surface area contributed by atoms with Gasteiger partial charge in [0, 0.05) is 12.8 Å². The predicted octanol–water partition coefficient (Wildman–Crippen LogP) is 0.471. The molecule has 0 unspecified atom stereocenters. The monoisotopic (exact) mass is 229 g/mol. The number of aliphatic hydroxyl groups is 1. The Balaban J connectivity index is 2.24. The van der Waals surface area contributed by atoms with Crippen LogP contribution in [0.3, 0.4) is 0 Å². The molecule has 1 fully saturated rings. The van der Waals surface area contributed by atoms with Crippen LogP contribution < -0.4 is 0 Å². The normalized spacial score (nSPS) is 18.4. The van der Waals surface area contributed by atoms with Crippen LogP contribution in [0.2, 0.25) is 0 Å². The van der Waals surface area contributed by atoms with Crippen LogP contribution in [0.1, 0.15) is 33.1 Å². The smallest absolute Gasteiger partial charge is 0.303 e. The summed E-state index contributed by atoms with van der Waals surface area (Å²) in [5, 5.41) is 18.4. The van der Waals surface area contributed by atoms with Crippen molar-refractivity contribution in [2.75, 3.05) is 13.1 Å². The average Bonchev–Trinajstić information content (AvgIpc) is 2.11. The first-order valence-electron chi connectivity index (χ1n) is 5.57. The Morgan fingerprint density at radius 2 is 1.88 bits per heavy atom. The van der Waals surface area contributed by atoms with Crippen molar-refractivity contribution >= 4 is 11.9 Å². The molecule has 1 rings (SSSR count). The van der Waals surface area contributed by atoms with E-state index < -0.39 is 11.6 Å². The highest BCUT2D eigenvalue weighted by Crippen LogP contribution is 2.29. The van der Waals surface area contributed by atoms with Crippen LogP contribution in [0.25, 0.3) is 0 Å². The van der Waals surface area contributed by atoms with Gasteiger partial charge < -0.3 is 15.1 Å². The van der Waals surface area contributed by atoms with E-state index in [-0.39, 0.29) is 24.7 Å². The number of rotatable bonds is 5. The first kappa shape index (κ1) is 13.0. The second-order valence-corrected chi connectivity index (χ2v) is 4.76. The molecule has 1 aliphatic heterocycles. The molecule has 0 aromatic heterocycles. The Labute approximate surface area is 95.1 Å². The van der Waals surface area contributed by atoms with E-state index >= 15 is 0 Å². The van der Waals surface area contributed by atoms with Gasteiger partial charge in [0.05, 0.1) is 13.1 Å². The zero-order valence-corrected chi connectivity index (χ0v) is 9.77. The van der Waals surface area contributed by atoms with Crippen molar-refractivity contribution < 1.29 is 19.8 Å². The van der Waals surface area contributed by atoms with Crippen LogP contribution in [-0.2, 0) is 9.59 Å². The standard InChI is InChI=1S/C11H19NO4/c1-8(2)11(16)6-12(7-11)9(13)4-3-5-10(14)15/h8,16H,3-7H2,1-2H3,(H,14,15). The third-order valence-corrected chi connectivity index (χ3v) is 3.14. The molecule has 0 aliphatic carbocycles. The van der Waals surface area contributed by atoms with Gasteiger partial charge in [-0.05, 0) is 12.3 Å². The van der Waals surface area contributed by atoms with Gasteiger partial charge in [-0.1, -0.05) is 13.8 Å². The average molecular weight is 229 g/mol. The van der Waals surface area contributed by atoms with Gasteiger partial charge >= 0.3 is 5.97 Å². The summed E-state index contributed by atoms with van der Waals surface area (Å²) in [5.41, 5.74) is -0.748. The minimum absolute atomic E-state index is 0.0219. The minimum atomic E-state index is -0.880. The Morgan fingerprint density at radius 3 is 2.31 bits per heavy atom. The summed E-state index contributed by atoms with van der Waals surface area (Å²) < 4.78 is 0. The predicted molar refractivity (Wildman–Crippen MR) is 57.9 cm³/mol. The molecular formula is C11H19NO4. The lowest BCUT2D eigenvalue weighted by Gasteiger charge is -2.49. The van der Waals surface area contributed by atoms with Gasteiger partial charge in [0.25, 0.3) is 0 Å². The fourth-order valence-corrected chi connectivity index (χ4v) is 1.71. The van der Waals surface area contributed by atoms with E-state index in [0.29, 0.717) is 19.5 Å². The molecule has 0 radical (unpaired) electrons. The molecule has 0 spiro atoms. The van der Waals surface area contributed by atoms with E-state index in [4.69, 9.17) is 5.11 Å². The van der Waals surface area contributed by atoms with Crippen molar-refractivity contribution in [2.45, 2.75) is 38.7 Å². The van der Waals surface area contributed by atoms with Gasteiger partial charge in [0.15, 0.2) is 0 Å². The number of carbonyl (C=O) groups is 2. The van der Waals surface area contributed by atoms with Gasteiger partial charge in [0.1, 0.15) is 5.60 Å². The zero-order valence-electron chi connectivity index (χ0n) is 9.77. The van der Waals surface area contributed by atoms with E-state index in [1.54, 1.807) is 4.90 Å². The number of β-amino-alcohol motifs (C(OH)–C–C–N with tert-alkyl or cyclic N) is 1. The van der Waals surface area contributed by atoms with Gasteiger partial charge in [-0.15, -0.1) is 0 Å². The maximum Gasteiger partial charge on any atom is 0.303 e. The molecule has 0 aromatic rings. The van der Waals surface area contributed by atoms with Crippen molar-refractivity contribution in [1.29, 1.82) is 0 Å². The van der Waals surface area contributed by atoms with E-state index in [0.717, 1.165) is 0 Å². The Morgan fingerprint density at radius 1 is 1.31 bits per heavy atom. The summed E-state index contributed by atoms with van der Waals surface area (Å²) in [6.45, 7) is 4.59. The molecule has 1 heterocycles. The Hall–Kier alpha value is -1.10. The summed E-state index contributed by atoms with van der Waals surface area (Å²) >= 11 is 0. The molecule has 92 valence electrons. The minimum Gasteiger partial charge on any atom is -0.481 e. The van der Waals surface area contributed by atoms with Gasteiger partial charge in [-0.2, -0.15) is 0 Å². The number of hydrogen-bond donors (Lipinski definition) is 2. The van der Waals surface area contributed by atoms with Crippen LogP contribution in [0, 0.1) is 5.92 Å². The molecule has 16 heavy (non-hydrogen) atoms. The van der Waals surface area contributed by atoms with Crippen molar-refractivity contribution in [1.82, 2.24) is 4.90 Å².